The van der Waals surface area contributed by atoms with Crippen molar-refractivity contribution >= 4 is 37.1 Å². The molecule has 29 heavy (non-hydrogen) atoms. The first-order valence-corrected chi connectivity index (χ1v) is 12.3. The topological polar surface area (TPSA) is 115 Å². The van der Waals surface area contributed by atoms with Gasteiger partial charge in [-0.25, -0.2) is 16.8 Å². The molecule has 0 radical (unpaired) electrons. The molecular formula is C18H19ClN2O6S2. The highest BCUT2D eigenvalue weighted by Crippen LogP contribution is 2.35. The fourth-order valence-electron chi connectivity index (χ4n) is 3.37. The van der Waals surface area contributed by atoms with Crippen LogP contribution in [0.4, 0.5) is 5.69 Å². The largest absolute Gasteiger partial charge is 0.270 e. The molecule has 1 saturated heterocycles. The lowest BCUT2D eigenvalue weighted by Crippen LogP contribution is -2.34. The van der Waals surface area contributed by atoms with Crippen molar-refractivity contribution in [3.05, 3.63) is 68.7 Å². The number of aryl methyl sites for hydroxylation is 1. The number of sulfone groups is 1. The third-order valence-corrected chi connectivity index (χ3v) is 9.44. The Labute approximate surface area is 174 Å². The fourth-order valence-corrected chi connectivity index (χ4v) is 7.33. The third kappa shape index (κ3) is 4.30. The second-order valence-corrected chi connectivity index (χ2v) is 11.4. The average molecular weight is 459 g/mol. The molecule has 1 unspecified atom stereocenters. The van der Waals surface area contributed by atoms with Gasteiger partial charge < -0.3 is 0 Å². The van der Waals surface area contributed by atoms with Crippen LogP contribution in [0.5, 0.6) is 0 Å². The van der Waals surface area contributed by atoms with Crippen molar-refractivity contribution in [2.75, 3.05) is 18.8 Å². The Morgan fingerprint density at radius 3 is 2.52 bits per heavy atom. The number of sulfonamides is 1. The highest BCUT2D eigenvalue weighted by atomic mass is 35.5. The molecule has 1 fully saturated rings. The van der Waals surface area contributed by atoms with Crippen molar-refractivity contribution in [1.29, 1.82) is 0 Å². The standard InChI is InChI=1S/C18H19ClN2O6S2/c1-13-6-7-14(21(22)23)12-18(13)29(26,27)20-9-8-17(28(24,25)11-10-20)15-4-2-3-5-16(15)19/h2-7,12,17H,8-11H2,1H3. The van der Waals surface area contributed by atoms with E-state index >= 15 is 0 Å². The molecule has 0 spiro atoms. The second-order valence-electron chi connectivity index (χ2n) is 6.78. The maximum Gasteiger partial charge on any atom is 0.270 e. The Morgan fingerprint density at radius 1 is 1.17 bits per heavy atom. The Bertz CT molecular complexity index is 1160. The van der Waals surface area contributed by atoms with Crippen molar-refractivity contribution in [3.8, 4) is 0 Å². The van der Waals surface area contributed by atoms with E-state index in [1.54, 1.807) is 24.3 Å². The van der Waals surface area contributed by atoms with Gasteiger partial charge in [0.2, 0.25) is 10.0 Å². The van der Waals surface area contributed by atoms with Crippen LogP contribution in [0.2, 0.25) is 5.02 Å². The van der Waals surface area contributed by atoms with Crippen LogP contribution in [-0.2, 0) is 19.9 Å². The molecule has 1 aliphatic rings. The van der Waals surface area contributed by atoms with Crippen LogP contribution in [0.1, 0.15) is 22.8 Å². The van der Waals surface area contributed by atoms with Crippen molar-refractivity contribution in [2.24, 2.45) is 0 Å². The number of benzene rings is 2. The van der Waals surface area contributed by atoms with Crippen LogP contribution in [0.25, 0.3) is 0 Å². The van der Waals surface area contributed by atoms with Gasteiger partial charge in [0.25, 0.3) is 5.69 Å². The van der Waals surface area contributed by atoms with E-state index in [1.807, 2.05) is 0 Å². The molecule has 0 N–H and O–H groups in total. The summed E-state index contributed by atoms with van der Waals surface area (Å²) in [5.74, 6) is -0.365. The monoisotopic (exact) mass is 458 g/mol. The van der Waals surface area contributed by atoms with Gasteiger partial charge in [-0.05, 0) is 30.5 Å². The third-order valence-electron chi connectivity index (χ3n) is 4.95. The maximum absolute atomic E-state index is 13.1. The SMILES string of the molecule is Cc1ccc([N+](=O)[O-])cc1S(=O)(=O)N1CCC(c2ccccc2Cl)S(=O)(=O)CC1. The summed E-state index contributed by atoms with van der Waals surface area (Å²) >= 11 is 6.17. The van der Waals surface area contributed by atoms with Gasteiger partial charge in [0.1, 0.15) is 0 Å². The summed E-state index contributed by atoms with van der Waals surface area (Å²) in [6.45, 7) is 1.27. The van der Waals surface area contributed by atoms with E-state index in [-0.39, 0.29) is 35.8 Å². The molecule has 1 aliphatic heterocycles. The Balaban J connectivity index is 1.97. The number of nitro groups is 1. The zero-order valence-corrected chi connectivity index (χ0v) is 17.9. The summed E-state index contributed by atoms with van der Waals surface area (Å²) < 4.78 is 53.0. The summed E-state index contributed by atoms with van der Waals surface area (Å²) in [7, 11) is -7.75. The number of hydrogen-bond donors (Lipinski definition) is 0. The molecule has 0 saturated carbocycles. The summed E-state index contributed by atoms with van der Waals surface area (Å²) in [4.78, 5) is 10.2. The van der Waals surface area contributed by atoms with Crippen LogP contribution in [0, 0.1) is 17.0 Å². The van der Waals surface area contributed by atoms with Gasteiger partial charge in [0.15, 0.2) is 9.84 Å². The zero-order chi connectivity index (χ0) is 21.4. The highest BCUT2D eigenvalue weighted by Gasteiger charge is 2.37. The van der Waals surface area contributed by atoms with Gasteiger partial charge in [-0.1, -0.05) is 35.9 Å². The lowest BCUT2D eigenvalue weighted by atomic mass is 10.1. The van der Waals surface area contributed by atoms with Gasteiger partial charge in [0, 0.05) is 30.2 Å². The minimum atomic E-state index is -4.11. The van der Waals surface area contributed by atoms with E-state index < -0.39 is 30.0 Å². The summed E-state index contributed by atoms with van der Waals surface area (Å²) in [6, 6.07) is 10.2. The van der Waals surface area contributed by atoms with Crippen molar-refractivity contribution in [1.82, 2.24) is 4.31 Å². The average Bonchev–Trinajstić information content (AvgIpc) is 2.80. The molecule has 0 bridgehead atoms. The van der Waals surface area contributed by atoms with Gasteiger partial charge in [0.05, 0.1) is 20.8 Å². The van der Waals surface area contributed by atoms with Crippen LogP contribution >= 0.6 is 11.6 Å². The van der Waals surface area contributed by atoms with Gasteiger partial charge in [-0.3, -0.25) is 10.1 Å². The van der Waals surface area contributed by atoms with Crippen LogP contribution < -0.4 is 0 Å². The van der Waals surface area contributed by atoms with E-state index in [0.717, 1.165) is 10.4 Å². The first kappa shape index (κ1) is 21.7. The van der Waals surface area contributed by atoms with E-state index in [9.17, 15) is 26.9 Å². The van der Waals surface area contributed by atoms with Gasteiger partial charge >= 0.3 is 0 Å². The quantitative estimate of drug-likeness (QED) is 0.513. The van der Waals surface area contributed by atoms with Crippen LogP contribution in [-0.4, -0.2) is 44.9 Å². The number of nitro benzene ring substituents is 1. The molecule has 11 heteroatoms. The minimum Gasteiger partial charge on any atom is -0.258 e. The Morgan fingerprint density at radius 2 is 1.86 bits per heavy atom. The summed E-state index contributed by atoms with van der Waals surface area (Å²) in [6.07, 6.45) is 0.0409. The molecule has 0 aromatic heterocycles. The first-order chi connectivity index (χ1) is 13.5. The second kappa shape index (κ2) is 8.02. The molecular weight excluding hydrogens is 440 g/mol. The zero-order valence-electron chi connectivity index (χ0n) is 15.5. The molecule has 1 atom stereocenters. The number of non-ortho nitro benzene ring substituents is 1. The number of nitrogens with zero attached hydrogens (tertiary/aromatic N) is 2. The molecule has 2 aromatic carbocycles. The predicted octanol–water partition coefficient (Wildman–Crippen LogP) is 3.11. The summed E-state index contributed by atoms with van der Waals surface area (Å²) in [5.41, 5.74) is 0.455. The Hall–Kier alpha value is -2.01. The maximum atomic E-state index is 13.1. The first-order valence-electron chi connectivity index (χ1n) is 8.75. The predicted molar refractivity (Wildman–Crippen MR) is 109 cm³/mol. The van der Waals surface area contributed by atoms with E-state index in [4.69, 9.17) is 11.6 Å². The van der Waals surface area contributed by atoms with Gasteiger partial charge in [-0.2, -0.15) is 4.31 Å². The molecule has 0 aliphatic carbocycles. The lowest BCUT2D eigenvalue weighted by Gasteiger charge is -2.21. The molecule has 2 aromatic rings. The molecule has 1 heterocycles. The normalized spacial score (nSPS) is 20.1. The smallest absolute Gasteiger partial charge is 0.258 e. The van der Waals surface area contributed by atoms with Gasteiger partial charge in [-0.15, -0.1) is 0 Å². The molecule has 8 nitrogen and oxygen atoms in total. The Kier molecular flexibility index (Phi) is 6.00. The lowest BCUT2D eigenvalue weighted by molar-refractivity contribution is -0.385. The number of halogens is 1. The highest BCUT2D eigenvalue weighted by molar-refractivity contribution is 7.92. The molecule has 3 rings (SSSR count). The molecule has 156 valence electrons. The van der Waals surface area contributed by atoms with Crippen LogP contribution in [0.3, 0.4) is 0 Å². The van der Waals surface area contributed by atoms with Crippen molar-refractivity contribution < 1.29 is 21.8 Å². The van der Waals surface area contributed by atoms with E-state index in [1.165, 1.54) is 19.1 Å². The summed E-state index contributed by atoms with van der Waals surface area (Å²) in [5, 5.41) is 10.4. The van der Waals surface area contributed by atoms with Crippen molar-refractivity contribution in [2.45, 2.75) is 23.5 Å². The van der Waals surface area contributed by atoms with E-state index in [2.05, 4.69) is 0 Å². The fraction of sp³-hybridized carbons (Fsp3) is 0.333. The molecule has 0 amide bonds. The number of hydrogen-bond acceptors (Lipinski definition) is 6. The van der Waals surface area contributed by atoms with E-state index in [0.29, 0.717) is 16.1 Å². The van der Waals surface area contributed by atoms with Crippen molar-refractivity contribution in [3.63, 3.8) is 0 Å². The van der Waals surface area contributed by atoms with Crippen LogP contribution in [0.15, 0.2) is 47.4 Å². The number of rotatable bonds is 4. The minimum absolute atomic E-state index is 0.0409.